The van der Waals surface area contributed by atoms with Gasteiger partial charge in [0.25, 0.3) is 0 Å². The second-order valence-electron chi connectivity index (χ2n) is 6.92. The molecule has 0 saturated heterocycles. The van der Waals surface area contributed by atoms with E-state index < -0.39 is 11.4 Å². The van der Waals surface area contributed by atoms with E-state index >= 15 is 0 Å². The summed E-state index contributed by atoms with van der Waals surface area (Å²) in [5, 5.41) is 4.96. The fraction of sp³-hybridized carbons (Fsp3) is 0.318. The highest BCUT2D eigenvalue weighted by molar-refractivity contribution is 5.93. The maximum Gasteiger partial charge on any atom is 0.336 e. The Labute approximate surface area is 170 Å². The molecular weight excluding hydrogens is 373 g/mol. The van der Waals surface area contributed by atoms with Gasteiger partial charge in [0, 0.05) is 5.41 Å². The van der Waals surface area contributed by atoms with Crippen molar-refractivity contribution in [3.8, 4) is 5.75 Å². The standard InChI is InChI=1S/C22H26FN3O3/c1-6-29-19-13-11-18(12-14-19)26(25-24)15(2)20(21(27)28-5)22(3,4)16-7-9-17(23)10-8-16/h7-14,24H,6H2,1-5H3/b20-15-,25-24?. The summed E-state index contributed by atoms with van der Waals surface area (Å²) >= 11 is 0. The van der Waals surface area contributed by atoms with E-state index in [9.17, 15) is 9.18 Å². The number of hydrogen-bond acceptors (Lipinski definition) is 5. The quantitative estimate of drug-likeness (QED) is 0.279. The Hall–Kier alpha value is -3.22. The van der Waals surface area contributed by atoms with Crippen molar-refractivity contribution in [2.75, 3.05) is 18.7 Å². The maximum atomic E-state index is 13.4. The normalized spacial score (nSPS) is 12.1. The number of allylic oxidation sites excluding steroid dienone is 1. The molecule has 29 heavy (non-hydrogen) atoms. The van der Waals surface area contributed by atoms with Gasteiger partial charge in [-0.2, -0.15) is 5.53 Å². The zero-order valence-electron chi connectivity index (χ0n) is 17.3. The van der Waals surface area contributed by atoms with Gasteiger partial charge in [0.2, 0.25) is 0 Å². The molecule has 0 aliphatic rings. The second-order valence-corrected chi connectivity index (χ2v) is 6.92. The van der Waals surface area contributed by atoms with Gasteiger partial charge in [-0.3, -0.25) is 0 Å². The predicted molar refractivity (Wildman–Crippen MR) is 109 cm³/mol. The molecule has 2 aromatic rings. The molecule has 6 nitrogen and oxygen atoms in total. The van der Waals surface area contributed by atoms with Gasteiger partial charge in [-0.05, 0) is 55.8 Å². The number of nitrogens with zero attached hydrogens (tertiary/aromatic N) is 2. The van der Waals surface area contributed by atoms with Gasteiger partial charge in [0.15, 0.2) is 0 Å². The number of benzene rings is 2. The summed E-state index contributed by atoms with van der Waals surface area (Å²) < 4.78 is 23.9. The lowest BCUT2D eigenvalue weighted by Gasteiger charge is -2.31. The first-order chi connectivity index (χ1) is 13.8. The van der Waals surface area contributed by atoms with E-state index in [0.29, 0.717) is 29.3 Å². The van der Waals surface area contributed by atoms with Crippen LogP contribution in [0.15, 0.2) is 65.0 Å². The largest absolute Gasteiger partial charge is 0.494 e. The first-order valence-corrected chi connectivity index (χ1v) is 9.22. The van der Waals surface area contributed by atoms with E-state index in [1.165, 1.54) is 24.3 Å². The second kappa shape index (κ2) is 9.32. The minimum atomic E-state index is -0.820. The van der Waals surface area contributed by atoms with Crippen LogP contribution >= 0.6 is 0 Å². The fourth-order valence-corrected chi connectivity index (χ4v) is 3.25. The molecule has 2 rings (SSSR count). The van der Waals surface area contributed by atoms with Gasteiger partial charge in [-0.25, -0.2) is 14.2 Å². The zero-order valence-corrected chi connectivity index (χ0v) is 17.3. The number of halogens is 1. The molecule has 0 radical (unpaired) electrons. The third-order valence-corrected chi connectivity index (χ3v) is 4.75. The van der Waals surface area contributed by atoms with Crippen molar-refractivity contribution < 1.29 is 18.7 Å². The number of hydrogen-bond donors (Lipinski definition) is 1. The van der Waals surface area contributed by atoms with Crippen LogP contribution in [0.25, 0.3) is 0 Å². The number of methoxy groups -OCH3 is 1. The van der Waals surface area contributed by atoms with Crippen molar-refractivity contribution in [2.45, 2.75) is 33.1 Å². The maximum absolute atomic E-state index is 13.4. The van der Waals surface area contributed by atoms with Gasteiger partial charge in [0.1, 0.15) is 11.6 Å². The highest BCUT2D eigenvalue weighted by Crippen LogP contribution is 2.36. The Morgan fingerprint density at radius 1 is 1.14 bits per heavy atom. The summed E-state index contributed by atoms with van der Waals surface area (Å²) in [7, 11) is 1.30. The van der Waals surface area contributed by atoms with Crippen molar-refractivity contribution in [3.63, 3.8) is 0 Å². The van der Waals surface area contributed by atoms with Crippen LogP contribution in [-0.2, 0) is 14.9 Å². The Balaban J connectivity index is 2.58. The first kappa shape index (κ1) is 22.1. The zero-order chi connectivity index (χ0) is 21.6. The fourth-order valence-electron chi connectivity index (χ4n) is 3.25. The molecule has 0 amide bonds. The molecule has 0 saturated carbocycles. The first-order valence-electron chi connectivity index (χ1n) is 9.22. The van der Waals surface area contributed by atoms with E-state index in [1.54, 1.807) is 43.3 Å². The molecule has 154 valence electrons. The number of anilines is 1. The SMILES string of the molecule is CCOc1ccc(N(N=N)/C(C)=C(/C(=O)OC)C(C)(C)c2ccc(F)cc2)cc1. The third kappa shape index (κ3) is 4.80. The van der Waals surface area contributed by atoms with Crippen LogP contribution < -0.4 is 9.75 Å². The predicted octanol–water partition coefficient (Wildman–Crippen LogP) is 5.40. The summed E-state index contributed by atoms with van der Waals surface area (Å²) in [6, 6.07) is 13.0. The van der Waals surface area contributed by atoms with E-state index in [0.717, 1.165) is 5.56 Å². The molecular formula is C22H26FN3O3. The lowest BCUT2D eigenvalue weighted by molar-refractivity contribution is -0.136. The smallest absolute Gasteiger partial charge is 0.336 e. The monoisotopic (exact) mass is 399 g/mol. The van der Waals surface area contributed by atoms with Gasteiger partial charge in [0.05, 0.1) is 30.7 Å². The van der Waals surface area contributed by atoms with E-state index in [2.05, 4.69) is 5.22 Å². The molecule has 0 bridgehead atoms. The highest BCUT2D eigenvalue weighted by Gasteiger charge is 2.35. The number of carbonyl (C=O) groups excluding carboxylic acids is 1. The van der Waals surface area contributed by atoms with Crippen LogP contribution in [0.5, 0.6) is 5.75 Å². The number of carbonyl (C=O) groups is 1. The van der Waals surface area contributed by atoms with Crippen molar-refractivity contribution in [1.29, 1.82) is 5.53 Å². The molecule has 0 aromatic heterocycles. The Bertz CT molecular complexity index is 891. The molecule has 0 aliphatic carbocycles. The van der Waals surface area contributed by atoms with Crippen LogP contribution in [0, 0.1) is 11.3 Å². The van der Waals surface area contributed by atoms with Gasteiger partial charge in [-0.1, -0.05) is 31.2 Å². The van der Waals surface area contributed by atoms with E-state index in [1.807, 2.05) is 20.8 Å². The number of esters is 1. The van der Waals surface area contributed by atoms with Crippen LogP contribution in [-0.4, -0.2) is 19.7 Å². The molecule has 0 spiro atoms. The van der Waals surface area contributed by atoms with Crippen LogP contribution in [0.1, 0.15) is 33.3 Å². The summed E-state index contributed by atoms with van der Waals surface area (Å²) in [5.74, 6) is -0.207. The summed E-state index contributed by atoms with van der Waals surface area (Å²) in [6.45, 7) is 7.83. The number of rotatable bonds is 8. The molecule has 7 heteroatoms. The lowest BCUT2D eigenvalue weighted by atomic mass is 9.76. The highest BCUT2D eigenvalue weighted by atomic mass is 19.1. The van der Waals surface area contributed by atoms with Crippen LogP contribution in [0.3, 0.4) is 0 Å². The Morgan fingerprint density at radius 2 is 1.72 bits per heavy atom. The van der Waals surface area contributed by atoms with Gasteiger partial charge in [-0.15, -0.1) is 0 Å². The number of nitrogens with one attached hydrogen (secondary N) is 1. The number of ether oxygens (including phenoxy) is 2. The lowest BCUT2D eigenvalue weighted by Crippen LogP contribution is -2.31. The molecule has 0 unspecified atom stereocenters. The summed E-state index contributed by atoms with van der Waals surface area (Å²) in [4.78, 5) is 12.7. The van der Waals surface area contributed by atoms with Crippen molar-refractivity contribution in [1.82, 2.24) is 0 Å². The Morgan fingerprint density at radius 3 is 2.21 bits per heavy atom. The minimum absolute atomic E-state index is 0.316. The van der Waals surface area contributed by atoms with E-state index in [4.69, 9.17) is 15.0 Å². The van der Waals surface area contributed by atoms with Gasteiger partial charge >= 0.3 is 5.97 Å². The topological polar surface area (TPSA) is 75.0 Å². The summed E-state index contributed by atoms with van der Waals surface area (Å²) in [6.07, 6.45) is 0. The van der Waals surface area contributed by atoms with Gasteiger partial charge < -0.3 is 9.47 Å². The minimum Gasteiger partial charge on any atom is -0.494 e. The average molecular weight is 399 g/mol. The molecule has 0 heterocycles. The van der Waals surface area contributed by atoms with Crippen molar-refractivity contribution in [3.05, 3.63) is 71.2 Å². The molecule has 0 aliphatic heterocycles. The Kier molecular flexibility index (Phi) is 7.09. The molecule has 0 fully saturated rings. The summed E-state index contributed by atoms with van der Waals surface area (Å²) in [5.41, 5.74) is 8.93. The van der Waals surface area contributed by atoms with Crippen LogP contribution in [0.2, 0.25) is 0 Å². The van der Waals surface area contributed by atoms with E-state index in [-0.39, 0.29) is 5.82 Å². The van der Waals surface area contributed by atoms with Crippen LogP contribution in [0.4, 0.5) is 10.1 Å². The third-order valence-electron chi connectivity index (χ3n) is 4.75. The van der Waals surface area contributed by atoms with Crippen molar-refractivity contribution >= 4 is 11.7 Å². The van der Waals surface area contributed by atoms with Crippen molar-refractivity contribution in [2.24, 2.45) is 5.22 Å². The molecule has 2 aromatic carbocycles. The average Bonchev–Trinajstić information content (AvgIpc) is 2.70. The molecule has 0 atom stereocenters. The molecule has 1 N–H and O–H groups in total.